The Bertz CT molecular complexity index is 619. The highest BCUT2D eigenvalue weighted by Gasteiger charge is 2.22. The molecule has 0 bridgehead atoms. The molecule has 2 aromatic rings. The SMILES string of the molecule is O=C(OC1CCN(c2ccc(Br)cc2)CC1)c1ccccc1. The molecule has 4 heteroatoms. The summed E-state index contributed by atoms with van der Waals surface area (Å²) in [7, 11) is 0. The highest BCUT2D eigenvalue weighted by Crippen LogP contribution is 2.23. The van der Waals surface area contributed by atoms with E-state index in [0.717, 1.165) is 30.4 Å². The zero-order chi connectivity index (χ0) is 15.4. The van der Waals surface area contributed by atoms with Crippen molar-refractivity contribution in [3.63, 3.8) is 0 Å². The van der Waals surface area contributed by atoms with Crippen LogP contribution >= 0.6 is 15.9 Å². The first-order chi connectivity index (χ1) is 10.7. The topological polar surface area (TPSA) is 29.5 Å². The third kappa shape index (κ3) is 3.69. The molecule has 2 aromatic carbocycles. The van der Waals surface area contributed by atoms with E-state index in [1.165, 1.54) is 5.69 Å². The number of hydrogen-bond donors (Lipinski definition) is 0. The summed E-state index contributed by atoms with van der Waals surface area (Å²) < 4.78 is 6.69. The van der Waals surface area contributed by atoms with E-state index in [9.17, 15) is 4.79 Å². The van der Waals surface area contributed by atoms with Gasteiger partial charge in [0.15, 0.2) is 0 Å². The number of anilines is 1. The Balaban J connectivity index is 1.53. The normalized spacial score (nSPS) is 15.6. The molecule has 1 heterocycles. The largest absolute Gasteiger partial charge is 0.459 e. The summed E-state index contributed by atoms with van der Waals surface area (Å²) >= 11 is 3.45. The maximum absolute atomic E-state index is 12.1. The van der Waals surface area contributed by atoms with Gasteiger partial charge < -0.3 is 9.64 Å². The number of hydrogen-bond acceptors (Lipinski definition) is 3. The Hall–Kier alpha value is -1.81. The number of benzene rings is 2. The molecule has 0 aromatic heterocycles. The molecular weight excluding hydrogens is 342 g/mol. The van der Waals surface area contributed by atoms with E-state index >= 15 is 0 Å². The lowest BCUT2D eigenvalue weighted by Gasteiger charge is -2.33. The molecule has 0 unspecified atom stereocenters. The van der Waals surface area contributed by atoms with E-state index < -0.39 is 0 Å². The van der Waals surface area contributed by atoms with Crippen LogP contribution in [-0.4, -0.2) is 25.2 Å². The van der Waals surface area contributed by atoms with Gasteiger partial charge in [0, 0.05) is 36.1 Å². The lowest BCUT2D eigenvalue weighted by Crippen LogP contribution is -2.37. The average Bonchev–Trinajstić information content (AvgIpc) is 2.57. The fourth-order valence-corrected chi connectivity index (χ4v) is 2.94. The number of carbonyl (C=O) groups is 1. The third-order valence-corrected chi connectivity index (χ3v) is 4.45. The number of rotatable bonds is 3. The van der Waals surface area contributed by atoms with E-state index in [-0.39, 0.29) is 12.1 Å². The average molecular weight is 360 g/mol. The van der Waals surface area contributed by atoms with E-state index in [2.05, 4.69) is 45.1 Å². The second-order valence-electron chi connectivity index (χ2n) is 5.43. The van der Waals surface area contributed by atoms with Crippen molar-refractivity contribution in [3.05, 3.63) is 64.6 Å². The summed E-state index contributed by atoms with van der Waals surface area (Å²) in [6.45, 7) is 1.82. The van der Waals surface area contributed by atoms with Crippen LogP contribution in [0.4, 0.5) is 5.69 Å². The minimum absolute atomic E-state index is 0.0133. The van der Waals surface area contributed by atoms with Gasteiger partial charge in [-0.3, -0.25) is 0 Å². The molecule has 1 saturated heterocycles. The van der Waals surface area contributed by atoms with E-state index in [1.807, 2.05) is 18.2 Å². The quantitative estimate of drug-likeness (QED) is 0.766. The van der Waals surface area contributed by atoms with Crippen molar-refractivity contribution in [1.29, 1.82) is 0 Å². The molecule has 0 atom stereocenters. The van der Waals surface area contributed by atoms with Gasteiger partial charge in [-0.1, -0.05) is 34.1 Å². The smallest absolute Gasteiger partial charge is 0.338 e. The molecule has 0 aliphatic carbocycles. The third-order valence-electron chi connectivity index (χ3n) is 3.92. The van der Waals surface area contributed by atoms with Crippen LogP contribution in [0.25, 0.3) is 0 Å². The molecule has 1 fully saturated rings. The molecule has 1 aliphatic rings. The monoisotopic (exact) mass is 359 g/mol. The van der Waals surface area contributed by atoms with Crippen LogP contribution < -0.4 is 4.90 Å². The van der Waals surface area contributed by atoms with Gasteiger partial charge in [0.1, 0.15) is 6.10 Å². The van der Waals surface area contributed by atoms with Gasteiger partial charge in [0.05, 0.1) is 5.56 Å². The van der Waals surface area contributed by atoms with Crippen LogP contribution in [-0.2, 0) is 4.74 Å². The van der Waals surface area contributed by atoms with Crippen molar-refractivity contribution in [2.75, 3.05) is 18.0 Å². The van der Waals surface area contributed by atoms with Gasteiger partial charge in [-0.15, -0.1) is 0 Å². The molecule has 0 spiro atoms. The lowest BCUT2D eigenvalue weighted by molar-refractivity contribution is 0.0245. The minimum atomic E-state index is -0.220. The molecule has 0 N–H and O–H groups in total. The molecule has 114 valence electrons. The van der Waals surface area contributed by atoms with Crippen molar-refractivity contribution in [1.82, 2.24) is 0 Å². The number of piperidine rings is 1. The van der Waals surface area contributed by atoms with E-state index in [0.29, 0.717) is 5.56 Å². The van der Waals surface area contributed by atoms with Crippen LogP contribution in [0.5, 0.6) is 0 Å². The van der Waals surface area contributed by atoms with Crippen LogP contribution in [0, 0.1) is 0 Å². The second kappa shape index (κ2) is 6.97. The maximum atomic E-state index is 12.1. The highest BCUT2D eigenvalue weighted by molar-refractivity contribution is 9.10. The summed E-state index contributed by atoms with van der Waals surface area (Å²) in [5.41, 5.74) is 1.84. The first kappa shape index (κ1) is 15.1. The molecule has 1 aliphatic heterocycles. The van der Waals surface area contributed by atoms with Crippen molar-refractivity contribution < 1.29 is 9.53 Å². The van der Waals surface area contributed by atoms with E-state index in [1.54, 1.807) is 12.1 Å². The van der Waals surface area contributed by atoms with Gasteiger partial charge in [0.2, 0.25) is 0 Å². The molecule has 3 rings (SSSR count). The Morgan fingerprint density at radius 3 is 2.27 bits per heavy atom. The number of ether oxygens (including phenoxy) is 1. The molecule has 0 radical (unpaired) electrons. The minimum Gasteiger partial charge on any atom is -0.459 e. The molecule has 3 nitrogen and oxygen atoms in total. The summed E-state index contributed by atoms with van der Waals surface area (Å²) in [4.78, 5) is 14.4. The van der Waals surface area contributed by atoms with Gasteiger partial charge in [0.25, 0.3) is 0 Å². The second-order valence-corrected chi connectivity index (χ2v) is 6.35. The Kier molecular flexibility index (Phi) is 4.78. The summed E-state index contributed by atoms with van der Waals surface area (Å²) in [5.74, 6) is -0.220. The predicted octanol–water partition coefficient (Wildman–Crippen LogP) is 4.27. The Morgan fingerprint density at radius 1 is 1.00 bits per heavy atom. The molecular formula is C18H18BrNO2. The van der Waals surface area contributed by atoms with Crippen molar-refractivity contribution in [3.8, 4) is 0 Å². The fraction of sp³-hybridized carbons (Fsp3) is 0.278. The number of carbonyl (C=O) groups excluding carboxylic acids is 1. The summed E-state index contributed by atoms with van der Waals surface area (Å²) in [6.07, 6.45) is 1.75. The highest BCUT2D eigenvalue weighted by atomic mass is 79.9. The maximum Gasteiger partial charge on any atom is 0.338 e. The van der Waals surface area contributed by atoms with Gasteiger partial charge in [-0.25, -0.2) is 4.79 Å². The van der Waals surface area contributed by atoms with Crippen molar-refractivity contribution >= 4 is 27.6 Å². The van der Waals surface area contributed by atoms with E-state index in [4.69, 9.17) is 4.74 Å². The van der Waals surface area contributed by atoms with Crippen LogP contribution in [0.1, 0.15) is 23.2 Å². The summed E-state index contributed by atoms with van der Waals surface area (Å²) in [5, 5.41) is 0. The number of nitrogens with zero attached hydrogens (tertiary/aromatic N) is 1. The van der Waals surface area contributed by atoms with Gasteiger partial charge in [-0.2, -0.15) is 0 Å². The van der Waals surface area contributed by atoms with Gasteiger partial charge in [-0.05, 0) is 36.4 Å². The zero-order valence-corrected chi connectivity index (χ0v) is 13.8. The van der Waals surface area contributed by atoms with Gasteiger partial charge >= 0.3 is 5.97 Å². The number of halogens is 1. The van der Waals surface area contributed by atoms with Crippen LogP contribution in [0.2, 0.25) is 0 Å². The first-order valence-corrected chi connectivity index (χ1v) is 8.28. The Labute approximate surface area is 139 Å². The molecule has 0 saturated carbocycles. The van der Waals surface area contributed by atoms with Crippen molar-refractivity contribution in [2.45, 2.75) is 18.9 Å². The Morgan fingerprint density at radius 2 is 1.64 bits per heavy atom. The zero-order valence-electron chi connectivity index (χ0n) is 12.2. The first-order valence-electron chi connectivity index (χ1n) is 7.49. The fourth-order valence-electron chi connectivity index (χ4n) is 2.68. The molecule has 0 amide bonds. The molecule has 22 heavy (non-hydrogen) atoms. The van der Waals surface area contributed by atoms with Crippen LogP contribution in [0.3, 0.4) is 0 Å². The number of esters is 1. The predicted molar refractivity (Wildman–Crippen MR) is 91.2 cm³/mol. The summed E-state index contributed by atoms with van der Waals surface area (Å²) in [6, 6.07) is 17.5. The van der Waals surface area contributed by atoms with Crippen LogP contribution in [0.15, 0.2) is 59.1 Å². The van der Waals surface area contributed by atoms with Crippen molar-refractivity contribution in [2.24, 2.45) is 0 Å². The lowest BCUT2D eigenvalue weighted by atomic mass is 10.1. The standard InChI is InChI=1S/C18H18BrNO2/c19-15-6-8-16(9-7-15)20-12-10-17(11-13-20)22-18(21)14-4-2-1-3-5-14/h1-9,17H,10-13H2.